The molecule has 0 heterocycles. The molecule has 0 amide bonds. The first-order valence-corrected chi connectivity index (χ1v) is 16.7. The van der Waals surface area contributed by atoms with Gasteiger partial charge >= 0.3 is 37.9 Å². The van der Waals surface area contributed by atoms with Crippen LogP contribution in [-0.2, 0) is 27.3 Å². The number of rotatable bonds is 3. The van der Waals surface area contributed by atoms with Crippen LogP contribution in [0.4, 0.5) is 0 Å². The van der Waals surface area contributed by atoms with Crippen molar-refractivity contribution in [3.63, 3.8) is 0 Å². The molecule has 4 aromatic carbocycles. The van der Waals surface area contributed by atoms with Crippen molar-refractivity contribution in [3.8, 4) is 0 Å². The summed E-state index contributed by atoms with van der Waals surface area (Å²) in [6, 6.07) is 26.0. The summed E-state index contributed by atoms with van der Waals surface area (Å²) in [6.45, 7) is 4.58. The summed E-state index contributed by atoms with van der Waals surface area (Å²) in [7, 11) is 9.87. The normalized spacial score (nSPS) is 12.4. The zero-order chi connectivity index (χ0) is 21.3. The van der Waals surface area contributed by atoms with Crippen LogP contribution in [0.2, 0.25) is 0 Å². The molecule has 0 aliphatic heterocycles. The Balaban J connectivity index is 0.000000152. The van der Waals surface area contributed by atoms with Crippen LogP contribution in [0.5, 0.6) is 0 Å². The van der Waals surface area contributed by atoms with Gasteiger partial charge in [-0.25, -0.2) is 0 Å². The van der Waals surface area contributed by atoms with E-state index in [9.17, 15) is 0 Å². The summed E-state index contributed by atoms with van der Waals surface area (Å²) in [5.41, 5.74) is 4.21. The van der Waals surface area contributed by atoms with Gasteiger partial charge in [-0.2, -0.15) is 23.3 Å². The van der Waals surface area contributed by atoms with Gasteiger partial charge in [0.2, 0.25) is 0 Å². The molecular formula is C27H26Cl2Zr. The SMILES string of the molecule is CCCC(C)c1c[cH-]c2ccccc12.[C-]1=CCc2ccc3ccccc3c21.[Cl][Zr+2][Cl]. The van der Waals surface area contributed by atoms with Crippen molar-refractivity contribution in [1.82, 2.24) is 0 Å². The molecule has 152 valence electrons. The molecule has 3 heteroatoms. The zero-order valence-corrected chi connectivity index (χ0v) is 21.4. The molecule has 1 unspecified atom stereocenters. The number of fused-ring (bicyclic) bond motifs is 4. The second-order valence-corrected chi connectivity index (χ2v) is 11.2. The van der Waals surface area contributed by atoms with Crippen molar-refractivity contribution < 1.29 is 20.8 Å². The van der Waals surface area contributed by atoms with Gasteiger partial charge in [-0.05, 0) is 0 Å². The van der Waals surface area contributed by atoms with Crippen LogP contribution >= 0.6 is 17.0 Å². The maximum absolute atomic E-state index is 4.93. The van der Waals surface area contributed by atoms with Crippen LogP contribution in [0.1, 0.15) is 49.3 Å². The van der Waals surface area contributed by atoms with Gasteiger partial charge in [0.1, 0.15) is 0 Å². The van der Waals surface area contributed by atoms with Gasteiger partial charge in [-0.15, -0.1) is 64.2 Å². The third-order valence-electron chi connectivity index (χ3n) is 5.55. The summed E-state index contributed by atoms with van der Waals surface area (Å²) in [5, 5.41) is 5.46. The van der Waals surface area contributed by atoms with E-state index in [1.807, 2.05) is 0 Å². The van der Waals surface area contributed by atoms with Crippen molar-refractivity contribution in [1.29, 1.82) is 0 Å². The summed E-state index contributed by atoms with van der Waals surface area (Å²) in [4.78, 5) is 0. The van der Waals surface area contributed by atoms with Crippen LogP contribution in [0.15, 0.2) is 78.9 Å². The third kappa shape index (κ3) is 5.70. The Hall–Kier alpha value is -1.27. The van der Waals surface area contributed by atoms with E-state index in [1.54, 1.807) is 0 Å². The molecule has 30 heavy (non-hydrogen) atoms. The quantitative estimate of drug-likeness (QED) is 0.240. The average Bonchev–Trinajstić information content (AvgIpc) is 3.42. The summed E-state index contributed by atoms with van der Waals surface area (Å²) in [6.07, 6.45) is 9.02. The van der Waals surface area contributed by atoms with Gasteiger partial charge in [-0.1, -0.05) is 74.7 Å². The van der Waals surface area contributed by atoms with Gasteiger partial charge in [0.25, 0.3) is 0 Å². The predicted octanol–water partition coefficient (Wildman–Crippen LogP) is 8.94. The Bertz CT molecular complexity index is 1110. The molecule has 1 aliphatic rings. The van der Waals surface area contributed by atoms with Gasteiger partial charge in [0.15, 0.2) is 0 Å². The number of halogens is 2. The third-order valence-corrected chi connectivity index (χ3v) is 5.55. The number of hydrogen-bond donors (Lipinski definition) is 0. The van der Waals surface area contributed by atoms with Crippen LogP contribution in [0.25, 0.3) is 21.5 Å². The molecular weight excluding hydrogens is 486 g/mol. The topological polar surface area (TPSA) is 0 Å². The average molecular weight is 513 g/mol. The second-order valence-electron chi connectivity index (χ2n) is 7.51. The fraction of sp³-hybridized carbons (Fsp3) is 0.222. The molecule has 0 aromatic heterocycles. The zero-order valence-electron chi connectivity index (χ0n) is 17.5. The van der Waals surface area contributed by atoms with E-state index in [0.717, 1.165) is 6.42 Å². The Morgan fingerprint density at radius 1 is 1.00 bits per heavy atom. The molecule has 0 bridgehead atoms. The van der Waals surface area contributed by atoms with Crippen molar-refractivity contribution >= 4 is 38.6 Å². The van der Waals surface area contributed by atoms with Gasteiger partial charge in [0, 0.05) is 0 Å². The van der Waals surface area contributed by atoms with E-state index in [-0.39, 0.29) is 0 Å². The molecule has 0 fully saturated rings. The molecule has 1 atom stereocenters. The minimum atomic E-state index is -0.826. The molecule has 1 aliphatic carbocycles. The van der Waals surface area contributed by atoms with E-state index in [1.165, 1.54) is 51.1 Å². The van der Waals surface area contributed by atoms with Crippen molar-refractivity contribution in [2.45, 2.75) is 39.0 Å². The summed E-state index contributed by atoms with van der Waals surface area (Å²) < 4.78 is 0. The predicted molar refractivity (Wildman–Crippen MR) is 129 cm³/mol. The van der Waals surface area contributed by atoms with E-state index < -0.39 is 20.8 Å². The Labute approximate surface area is 198 Å². The number of hydrogen-bond acceptors (Lipinski definition) is 0. The van der Waals surface area contributed by atoms with Crippen molar-refractivity contribution in [2.24, 2.45) is 0 Å². The number of allylic oxidation sites excluding steroid dienone is 1. The standard InChI is InChI=1S/C14H17.C13H9.2ClH.Zr/c1-3-6-11(2)13-10-9-12-7-4-5-8-14(12)13;1-2-6-12-10(4-1)8-9-11-5-3-7-13(11)12;;;/h4-5,7-11H,3,6H2,1-2H3;1-4,6,8-9H,5H2;2*1H;/q2*-1;;;+4/p-2. The van der Waals surface area contributed by atoms with E-state index in [0.29, 0.717) is 5.92 Å². The maximum atomic E-state index is 4.93. The van der Waals surface area contributed by atoms with E-state index in [2.05, 4.69) is 98.8 Å². The van der Waals surface area contributed by atoms with Crippen LogP contribution in [-0.4, -0.2) is 0 Å². The molecule has 4 aromatic rings. The van der Waals surface area contributed by atoms with Crippen molar-refractivity contribution in [3.05, 3.63) is 102 Å². The van der Waals surface area contributed by atoms with Gasteiger partial charge in [-0.3, -0.25) is 0 Å². The number of benzene rings is 3. The first-order chi connectivity index (χ1) is 14.7. The molecule has 0 saturated heterocycles. The molecule has 0 N–H and O–H groups in total. The van der Waals surface area contributed by atoms with Crippen molar-refractivity contribution in [2.75, 3.05) is 0 Å². The van der Waals surface area contributed by atoms with Crippen LogP contribution in [0, 0.1) is 6.08 Å². The first kappa shape index (κ1) is 23.4. The molecule has 0 spiro atoms. The first-order valence-electron chi connectivity index (χ1n) is 10.4. The van der Waals surface area contributed by atoms with Crippen LogP contribution in [0.3, 0.4) is 0 Å². The molecule has 0 radical (unpaired) electrons. The molecule has 5 rings (SSSR count). The fourth-order valence-corrected chi connectivity index (χ4v) is 4.11. The van der Waals surface area contributed by atoms with E-state index in [4.69, 9.17) is 17.0 Å². The Morgan fingerprint density at radius 2 is 1.70 bits per heavy atom. The Kier molecular flexibility index (Phi) is 9.32. The molecule has 0 saturated carbocycles. The minimum absolute atomic E-state index is 0.694. The van der Waals surface area contributed by atoms with E-state index >= 15 is 0 Å². The van der Waals surface area contributed by atoms with Gasteiger partial charge in [0.05, 0.1) is 0 Å². The van der Waals surface area contributed by atoms with Gasteiger partial charge < -0.3 is 0 Å². The summed E-state index contributed by atoms with van der Waals surface area (Å²) >= 11 is -0.826. The van der Waals surface area contributed by atoms with Crippen LogP contribution < -0.4 is 0 Å². The summed E-state index contributed by atoms with van der Waals surface area (Å²) in [5.74, 6) is 0.694. The molecule has 0 nitrogen and oxygen atoms in total. The monoisotopic (exact) mass is 510 g/mol. The fourth-order valence-electron chi connectivity index (χ4n) is 4.11. The Morgan fingerprint density at radius 3 is 2.47 bits per heavy atom. The second kappa shape index (κ2) is 11.9.